The van der Waals surface area contributed by atoms with Crippen LogP contribution >= 0.6 is 34.7 Å². The van der Waals surface area contributed by atoms with Gasteiger partial charge in [0.2, 0.25) is 0 Å². The number of anilines is 1. The summed E-state index contributed by atoms with van der Waals surface area (Å²) in [6, 6.07) is 5.74. The number of nitrogens with zero attached hydrogens (tertiary/aromatic N) is 3. The first-order chi connectivity index (χ1) is 13.0. The van der Waals surface area contributed by atoms with Crippen molar-refractivity contribution in [3.8, 4) is 0 Å². The zero-order chi connectivity index (χ0) is 19.2. The van der Waals surface area contributed by atoms with Crippen molar-refractivity contribution in [2.24, 2.45) is 0 Å². The molecule has 1 aliphatic heterocycles. The number of fused-ring (bicyclic) bond motifs is 1. The maximum Gasteiger partial charge on any atom is 0.315 e. The Labute approximate surface area is 170 Å². The van der Waals surface area contributed by atoms with Crippen LogP contribution in [0.4, 0.5) is 5.13 Å². The number of carbonyl (C=O) groups excluding carboxylic acids is 1. The summed E-state index contributed by atoms with van der Waals surface area (Å²) in [4.78, 5) is 31.1. The molecule has 2 aromatic rings. The molecule has 0 amide bonds. The zero-order valence-corrected chi connectivity index (χ0v) is 17.0. The van der Waals surface area contributed by atoms with Crippen LogP contribution in [0.25, 0.3) is 10.2 Å². The molecule has 1 aliphatic rings. The van der Waals surface area contributed by atoms with Gasteiger partial charge in [-0.25, -0.2) is 4.98 Å². The summed E-state index contributed by atoms with van der Waals surface area (Å²) in [6.07, 6.45) is 0. The van der Waals surface area contributed by atoms with E-state index in [4.69, 9.17) is 21.4 Å². The molecule has 0 unspecified atom stereocenters. The van der Waals surface area contributed by atoms with Gasteiger partial charge in [0.15, 0.2) is 5.13 Å². The Morgan fingerprint density at radius 2 is 2.04 bits per heavy atom. The maximum absolute atomic E-state index is 11.5. The van der Waals surface area contributed by atoms with E-state index >= 15 is 0 Å². The highest BCUT2D eigenvalue weighted by atomic mass is 35.5. The first-order valence-corrected chi connectivity index (χ1v) is 10.8. The number of thiazole rings is 1. The van der Waals surface area contributed by atoms with Gasteiger partial charge in [0.1, 0.15) is 6.61 Å². The van der Waals surface area contributed by atoms with Gasteiger partial charge in [-0.05, 0) is 18.2 Å². The second kappa shape index (κ2) is 9.59. The predicted octanol–water partition coefficient (Wildman–Crippen LogP) is 2.43. The number of thioether (sulfide) groups is 1. The Kier molecular flexibility index (Phi) is 7.17. The van der Waals surface area contributed by atoms with Crippen molar-refractivity contribution in [3.05, 3.63) is 23.2 Å². The quantitative estimate of drug-likeness (QED) is 0.640. The lowest BCUT2D eigenvalue weighted by molar-refractivity contribution is -0.140. The van der Waals surface area contributed by atoms with E-state index in [2.05, 4.69) is 14.8 Å². The van der Waals surface area contributed by atoms with E-state index in [1.165, 1.54) is 0 Å². The number of aliphatic carboxylic acids is 1. The van der Waals surface area contributed by atoms with Gasteiger partial charge in [-0.2, -0.15) is 0 Å². The number of ether oxygens (including phenoxy) is 1. The van der Waals surface area contributed by atoms with Crippen LogP contribution in [0.15, 0.2) is 18.2 Å². The summed E-state index contributed by atoms with van der Waals surface area (Å²) >= 11 is 8.74. The van der Waals surface area contributed by atoms with Crippen LogP contribution in [0.1, 0.15) is 0 Å². The average molecular weight is 430 g/mol. The maximum atomic E-state index is 11.5. The minimum absolute atomic E-state index is 0.0711. The summed E-state index contributed by atoms with van der Waals surface area (Å²) in [5.74, 6) is -1.31. The molecule has 0 aliphatic carbocycles. The van der Waals surface area contributed by atoms with Gasteiger partial charge in [0.25, 0.3) is 0 Å². The average Bonchev–Trinajstić information content (AvgIpc) is 3.05. The van der Waals surface area contributed by atoms with Gasteiger partial charge in [0, 0.05) is 37.7 Å². The predicted molar refractivity (Wildman–Crippen MR) is 109 cm³/mol. The Bertz CT molecular complexity index is 809. The molecule has 2 heterocycles. The minimum Gasteiger partial charge on any atom is -0.481 e. The zero-order valence-electron chi connectivity index (χ0n) is 14.6. The standard InChI is InChI=1S/C17H20ClN3O4S2/c18-12-1-2-13-14(9-12)27-17(19-13)21-5-3-20(4-6-21)7-8-25-16(24)11-26-10-15(22)23/h1-2,9H,3-8,10-11H2,(H,22,23). The number of aromatic nitrogens is 1. The molecular weight excluding hydrogens is 410 g/mol. The Morgan fingerprint density at radius 3 is 2.78 bits per heavy atom. The molecule has 0 spiro atoms. The number of carboxylic acids is 1. The minimum atomic E-state index is -0.929. The van der Waals surface area contributed by atoms with Crippen molar-refractivity contribution in [1.29, 1.82) is 0 Å². The number of carboxylic acid groups (broad SMARTS) is 1. The lowest BCUT2D eigenvalue weighted by atomic mass is 10.3. The monoisotopic (exact) mass is 429 g/mol. The Hall–Kier alpha value is -1.55. The molecule has 1 saturated heterocycles. The lowest BCUT2D eigenvalue weighted by Gasteiger charge is -2.34. The molecule has 0 radical (unpaired) electrons. The summed E-state index contributed by atoms with van der Waals surface area (Å²) in [5.41, 5.74) is 0.967. The van der Waals surface area contributed by atoms with Crippen LogP contribution in [-0.4, -0.2) is 77.8 Å². The molecule has 27 heavy (non-hydrogen) atoms. The first-order valence-electron chi connectivity index (χ1n) is 8.50. The molecule has 0 atom stereocenters. The van der Waals surface area contributed by atoms with Crippen molar-refractivity contribution in [2.45, 2.75) is 0 Å². The number of hydrogen-bond donors (Lipinski definition) is 1. The highest BCUT2D eigenvalue weighted by Crippen LogP contribution is 2.31. The molecule has 0 bridgehead atoms. The first kappa shape index (κ1) is 20.2. The van der Waals surface area contributed by atoms with Gasteiger partial charge in [-0.3, -0.25) is 14.5 Å². The fourth-order valence-electron chi connectivity index (χ4n) is 2.74. The van der Waals surface area contributed by atoms with Crippen molar-refractivity contribution < 1.29 is 19.4 Å². The molecule has 10 heteroatoms. The van der Waals surface area contributed by atoms with Gasteiger partial charge in [-0.15, -0.1) is 11.8 Å². The van der Waals surface area contributed by atoms with E-state index in [9.17, 15) is 9.59 Å². The Balaban J connectivity index is 1.38. The van der Waals surface area contributed by atoms with Crippen molar-refractivity contribution in [3.63, 3.8) is 0 Å². The number of carbonyl (C=O) groups is 2. The molecular formula is C17H20ClN3O4S2. The summed E-state index contributed by atoms with van der Waals surface area (Å²) < 4.78 is 6.25. The van der Waals surface area contributed by atoms with Crippen LogP contribution in [0, 0.1) is 0 Å². The van der Waals surface area contributed by atoms with E-state index in [0.717, 1.165) is 58.3 Å². The smallest absolute Gasteiger partial charge is 0.315 e. The second-order valence-electron chi connectivity index (χ2n) is 6.04. The summed E-state index contributed by atoms with van der Waals surface area (Å²) in [7, 11) is 0. The van der Waals surface area contributed by atoms with E-state index in [0.29, 0.717) is 13.2 Å². The third kappa shape index (κ3) is 5.97. The largest absolute Gasteiger partial charge is 0.481 e. The topological polar surface area (TPSA) is 83.0 Å². The number of esters is 1. The SMILES string of the molecule is O=C(O)CSCC(=O)OCCN1CCN(c2nc3ccc(Cl)cc3s2)CC1. The van der Waals surface area contributed by atoms with Crippen LogP contribution in [0.2, 0.25) is 5.02 Å². The highest BCUT2D eigenvalue weighted by Gasteiger charge is 2.20. The second-order valence-corrected chi connectivity index (χ2v) is 8.48. The molecule has 7 nitrogen and oxygen atoms in total. The number of piperazine rings is 1. The van der Waals surface area contributed by atoms with E-state index in [1.54, 1.807) is 11.3 Å². The van der Waals surface area contributed by atoms with E-state index in [-0.39, 0.29) is 17.5 Å². The van der Waals surface area contributed by atoms with Crippen molar-refractivity contribution in [1.82, 2.24) is 9.88 Å². The number of rotatable bonds is 8. The molecule has 3 rings (SSSR count). The van der Waals surface area contributed by atoms with Crippen LogP contribution < -0.4 is 4.90 Å². The van der Waals surface area contributed by atoms with Crippen LogP contribution in [0.3, 0.4) is 0 Å². The fraction of sp³-hybridized carbons (Fsp3) is 0.471. The van der Waals surface area contributed by atoms with E-state index < -0.39 is 5.97 Å². The van der Waals surface area contributed by atoms with Crippen LogP contribution in [-0.2, 0) is 14.3 Å². The number of hydrogen-bond acceptors (Lipinski definition) is 8. The molecule has 1 aromatic heterocycles. The summed E-state index contributed by atoms with van der Waals surface area (Å²) in [6.45, 7) is 4.50. The van der Waals surface area contributed by atoms with Crippen molar-refractivity contribution in [2.75, 3.05) is 55.7 Å². The fourth-order valence-corrected chi connectivity index (χ4v) is 4.56. The van der Waals surface area contributed by atoms with Crippen molar-refractivity contribution >= 4 is 62.0 Å². The normalized spacial score (nSPS) is 15.2. The van der Waals surface area contributed by atoms with Gasteiger partial charge < -0.3 is 14.7 Å². The number of halogens is 1. The van der Waals surface area contributed by atoms with Gasteiger partial charge in [-0.1, -0.05) is 22.9 Å². The molecule has 1 aromatic carbocycles. The highest BCUT2D eigenvalue weighted by molar-refractivity contribution is 8.00. The lowest BCUT2D eigenvalue weighted by Crippen LogP contribution is -2.47. The van der Waals surface area contributed by atoms with Crippen LogP contribution in [0.5, 0.6) is 0 Å². The molecule has 1 fully saturated rings. The summed E-state index contributed by atoms with van der Waals surface area (Å²) in [5, 5.41) is 10.3. The molecule has 1 N–H and O–H groups in total. The third-order valence-corrected chi connectivity index (χ3v) is 6.30. The molecule has 146 valence electrons. The van der Waals surface area contributed by atoms with Gasteiger partial charge in [0.05, 0.1) is 21.7 Å². The third-order valence-electron chi connectivity index (χ3n) is 4.10. The number of benzene rings is 1. The van der Waals surface area contributed by atoms with Gasteiger partial charge >= 0.3 is 11.9 Å². The molecule has 0 saturated carbocycles. The Morgan fingerprint density at radius 1 is 1.26 bits per heavy atom. The van der Waals surface area contributed by atoms with E-state index in [1.807, 2.05) is 18.2 Å².